The smallest absolute Gasteiger partial charge is 0.240 e. The summed E-state index contributed by atoms with van der Waals surface area (Å²) in [6.45, 7) is 8.65. The van der Waals surface area contributed by atoms with E-state index in [0.29, 0.717) is 5.02 Å². The fraction of sp³-hybridized carbons (Fsp3) is 0.368. The first-order valence-corrected chi connectivity index (χ1v) is 9.95. The average Bonchev–Trinajstić information content (AvgIpc) is 2.53. The summed E-state index contributed by atoms with van der Waals surface area (Å²) in [5.74, 6) is 0.717. The molecule has 2 aromatic rings. The first-order chi connectivity index (χ1) is 11.6. The standard InChI is InChI=1S/C19H24ClNO3S/c1-14-13-17(9-10-18(14)20)25(22,23)21-11-12-24-16-7-5-15(6-8-16)19(2,3)4/h5-10,13,21H,11-12H2,1-4H3. The lowest BCUT2D eigenvalue weighted by atomic mass is 9.87. The van der Waals surface area contributed by atoms with E-state index in [1.807, 2.05) is 24.3 Å². The molecular formula is C19H24ClNO3S. The molecule has 0 aliphatic rings. The van der Waals surface area contributed by atoms with Crippen molar-refractivity contribution in [2.45, 2.75) is 38.0 Å². The minimum atomic E-state index is -3.57. The molecule has 0 atom stereocenters. The minimum Gasteiger partial charge on any atom is -0.492 e. The summed E-state index contributed by atoms with van der Waals surface area (Å²) in [6.07, 6.45) is 0. The molecule has 1 N–H and O–H groups in total. The molecule has 136 valence electrons. The second-order valence-electron chi connectivity index (χ2n) is 6.93. The van der Waals surface area contributed by atoms with Crippen molar-refractivity contribution < 1.29 is 13.2 Å². The normalized spacial score (nSPS) is 12.2. The molecule has 0 bridgehead atoms. The number of nitrogens with one attached hydrogen (secondary N) is 1. The van der Waals surface area contributed by atoms with Crippen molar-refractivity contribution in [3.8, 4) is 5.75 Å². The van der Waals surface area contributed by atoms with Crippen LogP contribution in [0.5, 0.6) is 5.75 Å². The third kappa shape index (κ3) is 5.46. The maximum absolute atomic E-state index is 12.3. The van der Waals surface area contributed by atoms with Gasteiger partial charge in [-0.2, -0.15) is 0 Å². The van der Waals surface area contributed by atoms with E-state index in [4.69, 9.17) is 16.3 Å². The number of ether oxygens (including phenoxy) is 1. The number of aryl methyl sites for hydroxylation is 1. The predicted molar refractivity (Wildman–Crippen MR) is 102 cm³/mol. The van der Waals surface area contributed by atoms with E-state index < -0.39 is 10.0 Å². The Morgan fingerprint density at radius 1 is 1.08 bits per heavy atom. The highest BCUT2D eigenvalue weighted by Crippen LogP contribution is 2.24. The molecule has 0 saturated carbocycles. The van der Waals surface area contributed by atoms with Gasteiger partial charge in [0, 0.05) is 11.6 Å². The third-order valence-corrected chi connectivity index (χ3v) is 5.71. The van der Waals surface area contributed by atoms with Crippen LogP contribution in [0.2, 0.25) is 5.02 Å². The van der Waals surface area contributed by atoms with Gasteiger partial charge in [-0.15, -0.1) is 0 Å². The zero-order valence-corrected chi connectivity index (χ0v) is 16.5. The van der Waals surface area contributed by atoms with Gasteiger partial charge in [0.15, 0.2) is 0 Å². The first-order valence-electron chi connectivity index (χ1n) is 8.09. The highest BCUT2D eigenvalue weighted by molar-refractivity contribution is 7.89. The van der Waals surface area contributed by atoms with E-state index in [0.717, 1.165) is 11.3 Å². The summed E-state index contributed by atoms with van der Waals surface area (Å²) in [4.78, 5) is 0.198. The van der Waals surface area contributed by atoms with Crippen LogP contribution in [-0.4, -0.2) is 21.6 Å². The van der Waals surface area contributed by atoms with Gasteiger partial charge >= 0.3 is 0 Å². The number of rotatable bonds is 6. The number of sulfonamides is 1. The van der Waals surface area contributed by atoms with Gasteiger partial charge in [0.2, 0.25) is 10.0 Å². The Morgan fingerprint density at radius 3 is 2.28 bits per heavy atom. The van der Waals surface area contributed by atoms with Gasteiger partial charge in [-0.1, -0.05) is 44.5 Å². The van der Waals surface area contributed by atoms with E-state index >= 15 is 0 Å². The molecule has 0 saturated heterocycles. The minimum absolute atomic E-state index is 0.0882. The van der Waals surface area contributed by atoms with E-state index in [-0.39, 0.29) is 23.5 Å². The summed E-state index contributed by atoms with van der Waals surface area (Å²) < 4.78 is 32.6. The van der Waals surface area contributed by atoms with Crippen LogP contribution in [0.1, 0.15) is 31.9 Å². The molecule has 6 heteroatoms. The molecule has 2 rings (SSSR count). The van der Waals surface area contributed by atoms with Crippen molar-refractivity contribution in [1.82, 2.24) is 4.72 Å². The monoisotopic (exact) mass is 381 g/mol. The highest BCUT2D eigenvalue weighted by atomic mass is 35.5. The first kappa shape index (κ1) is 19.8. The number of halogens is 1. The molecular weight excluding hydrogens is 358 g/mol. The van der Waals surface area contributed by atoms with Crippen molar-refractivity contribution in [1.29, 1.82) is 0 Å². The maximum atomic E-state index is 12.3. The average molecular weight is 382 g/mol. The fourth-order valence-electron chi connectivity index (χ4n) is 2.26. The van der Waals surface area contributed by atoms with Crippen molar-refractivity contribution >= 4 is 21.6 Å². The van der Waals surface area contributed by atoms with Crippen LogP contribution < -0.4 is 9.46 Å². The summed E-state index contributed by atoms with van der Waals surface area (Å²) in [5, 5.41) is 0.543. The van der Waals surface area contributed by atoms with Crippen LogP contribution in [0.4, 0.5) is 0 Å². The van der Waals surface area contributed by atoms with E-state index in [9.17, 15) is 8.42 Å². The molecule has 0 amide bonds. The van der Waals surface area contributed by atoms with Crippen LogP contribution in [0.25, 0.3) is 0 Å². The summed E-state index contributed by atoms with van der Waals surface area (Å²) >= 11 is 5.93. The second-order valence-corrected chi connectivity index (χ2v) is 9.11. The highest BCUT2D eigenvalue weighted by Gasteiger charge is 2.15. The van der Waals surface area contributed by atoms with Gasteiger partial charge in [-0.25, -0.2) is 13.1 Å². The zero-order valence-electron chi connectivity index (χ0n) is 15.0. The summed E-state index contributed by atoms with van der Waals surface area (Å²) in [7, 11) is -3.57. The van der Waals surface area contributed by atoms with Crippen molar-refractivity contribution in [2.24, 2.45) is 0 Å². The SMILES string of the molecule is Cc1cc(S(=O)(=O)NCCOc2ccc(C(C)(C)C)cc2)ccc1Cl. The maximum Gasteiger partial charge on any atom is 0.240 e. The Labute approximate surface area is 155 Å². The number of hydrogen-bond acceptors (Lipinski definition) is 3. The third-order valence-electron chi connectivity index (χ3n) is 3.82. The lowest BCUT2D eigenvalue weighted by molar-refractivity contribution is 0.322. The Morgan fingerprint density at radius 2 is 1.72 bits per heavy atom. The molecule has 4 nitrogen and oxygen atoms in total. The largest absolute Gasteiger partial charge is 0.492 e. The Hall–Kier alpha value is -1.56. The molecule has 2 aromatic carbocycles. The van der Waals surface area contributed by atoms with Gasteiger partial charge in [0.25, 0.3) is 0 Å². The lowest BCUT2D eigenvalue weighted by Gasteiger charge is -2.19. The van der Waals surface area contributed by atoms with Gasteiger partial charge < -0.3 is 4.74 Å². The van der Waals surface area contributed by atoms with Gasteiger partial charge in [0.1, 0.15) is 12.4 Å². The van der Waals surface area contributed by atoms with E-state index in [1.165, 1.54) is 11.6 Å². The molecule has 0 radical (unpaired) electrons. The van der Waals surface area contributed by atoms with Crippen LogP contribution in [0.3, 0.4) is 0 Å². The second kappa shape index (κ2) is 7.77. The molecule has 0 unspecified atom stereocenters. The van der Waals surface area contributed by atoms with Crippen LogP contribution in [-0.2, 0) is 15.4 Å². The molecule has 0 aromatic heterocycles. The van der Waals surface area contributed by atoms with Crippen molar-refractivity contribution in [3.63, 3.8) is 0 Å². The zero-order chi connectivity index (χ0) is 18.7. The Bertz CT molecular complexity index is 825. The van der Waals surface area contributed by atoms with Gasteiger partial charge in [-0.3, -0.25) is 0 Å². The van der Waals surface area contributed by atoms with Gasteiger partial charge in [-0.05, 0) is 53.8 Å². The lowest BCUT2D eigenvalue weighted by Crippen LogP contribution is -2.28. The number of benzene rings is 2. The van der Waals surface area contributed by atoms with Gasteiger partial charge in [0.05, 0.1) is 4.90 Å². The molecule has 0 spiro atoms. The van der Waals surface area contributed by atoms with Crippen molar-refractivity contribution in [2.75, 3.05) is 13.2 Å². The van der Waals surface area contributed by atoms with Crippen molar-refractivity contribution in [3.05, 3.63) is 58.6 Å². The molecule has 0 fully saturated rings. The molecule has 0 aliphatic heterocycles. The van der Waals surface area contributed by atoms with Crippen LogP contribution in [0.15, 0.2) is 47.4 Å². The van der Waals surface area contributed by atoms with E-state index in [1.54, 1.807) is 19.1 Å². The van der Waals surface area contributed by atoms with Crippen LogP contribution in [0, 0.1) is 6.92 Å². The van der Waals surface area contributed by atoms with E-state index in [2.05, 4.69) is 25.5 Å². The predicted octanol–water partition coefficient (Wildman–Crippen LogP) is 4.30. The summed E-state index contributed by atoms with van der Waals surface area (Å²) in [5.41, 5.74) is 2.03. The topological polar surface area (TPSA) is 55.4 Å². The fourth-order valence-corrected chi connectivity index (χ4v) is 3.48. The Kier molecular flexibility index (Phi) is 6.14. The molecule has 25 heavy (non-hydrogen) atoms. The van der Waals surface area contributed by atoms with Crippen LogP contribution >= 0.6 is 11.6 Å². The molecule has 0 aliphatic carbocycles. The number of hydrogen-bond donors (Lipinski definition) is 1. The quantitative estimate of drug-likeness (QED) is 0.759. The Balaban J connectivity index is 1.89. The molecule has 0 heterocycles. The summed E-state index contributed by atoms with van der Waals surface area (Å²) in [6, 6.07) is 12.5.